The average Bonchev–Trinajstić information content (AvgIpc) is 3.75. The summed E-state index contributed by atoms with van der Waals surface area (Å²) in [5.41, 5.74) is 3.06. The van der Waals surface area contributed by atoms with Crippen molar-refractivity contribution in [3.8, 4) is 5.69 Å². The number of ketones is 1. The predicted molar refractivity (Wildman–Crippen MR) is 163 cm³/mol. The molecule has 254 valence electrons. The lowest BCUT2D eigenvalue weighted by Gasteiger charge is -2.30. The summed E-state index contributed by atoms with van der Waals surface area (Å²) in [4.78, 5) is 53.4. The third kappa shape index (κ3) is 6.31. The number of benzene rings is 1. The quantitative estimate of drug-likeness (QED) is 0.397. The third-order valence-electron chi connectivity index (χ3n) is 9.64. The smallest absolute Gasteiger partial charge is 0.419 e. The minimum atomic E-state index is -5.02. The first-order valence-corrected chi connectivity index (χ1v) is 16.0. The summed E-state index contributed by atoms with van der Waals surface area (Å²) in [7, 11) is 0. The fourth-order valence-corrected chi connectivity index (χ4v) is 7.70. The lowest BCUT2D eigenvalue weighted by atomic mass is 9.75. The predicted octanol–water partition coefficient (Wildman–Crippen LogP) is 4.97. The van der Waals surface area contributed by atoms with E-state index in [1.807, 2.05) is 0 Å². The number of fused-ring (bicyclic) bond motifs is 2. The highest BCUT2D eigenvalue weighted by atomic mass is 19.4. The fraction of sp³-hybridized carbons (Fsp3) is 0.576. The van der Waals surface area contributed by atoms with Gasteiger partial charge in [0.25, 0.3) is 5.91 Å². The van der Waals surface area contributed by atoms with Crippen LogP contribution in [0.2, 0.25) is 0 Å². The summed E-state index contributed by atoms with van der Waals surface area (Å²) >= 11 is 0. The van der Waals surface area contributed by atoms with E-state index in [0.29, 0.717) is 51.3 Å². The lowest BCUT2D eigenvalue weighted by molar-refractivity contribution is -0.138. The Labute approximate surface area is 269 Å². The Kier molecular flexibility index (Phi) is 8.52. The van der Waals surface area contributed by atoms with Gasteiger partial charge >= 0.3 is 18.2 Å². The number of hydrogen-bond donors (Lipinski definition) is 2. The van der Waals surface area contributed by atoms with Gasteiger partial charge in [0.2, 0.25) is 0 Å². The Balaban J connectivity index is 1.33. The largest absolute Gasteiger partial charge is 0.461 e. The van der Waals surface area contributed by atoms with Crippen LogP contribution in [0.1, 0.15) is 88.9 Å². The number of nitrogens with one attached hydrogen (secondary N) is 1. The van der Waals surface area contributed by atoms with E-state index in [9.17, 15) is 32.3 Å². The number of anilines is 1. The molecule has 0 radical (unpaired) electrons. The molecule has 2 aliphatic heterocycles. The standard InChI is InChI=1S/C33H39F3N4O7/c1-4-46-30(43)28-27(33(34,35)36)26-24(12-32(2,3)13-25(26)41)40(28)20-5-6-22(29(37)42)23(11-20)38-19-9-17-14-39(15-18(17)10-19)31(44)47-21-7-8-45-16-21/h5-6,11,17-19,21,38H,4,7-10,12-16H2,1-3H3,(H2,37,42)/t17-,18+,19?,21-/m0/s1. The van der Waals surface area contributed by atoms with Gasteiger partial charge in [-0.1, -0.05) is 13.8 Å². The van der Waals surface area contributed by atoms with Crippen LogP contribution in [0.25, 0.3) is 5.69 Å². The van der Waals surface area contributed by atoms with Gasteiger partial charge in [0.1, 0.15) is 11.8 Å². The summed E-state index contributed by atoms with van der Waals surface area (Å²) in [5.74, 6) is -2.27. The van der Waals surface area contributed by atoms with Crippen LogP contribution in [0, 0.1) is 17.3 Å². The summed E-state index contributed by atoms with van der Waals surface area (Å²) in [6.07, 6.45) is -3.59. The van der Waals surface area contributed by atoms with Crippen molar-refractivity contribution in [1.29, 1.82) is 0 Å². The summed E-state index contributed by atoms with van der Waals surface area (Å²) in [6.45, 7) is 6.91. The van der Waals surface area contributed by atoms with E-state index in [0.717, 1.165) is 4.57 Å². The number of alkyl halides is 3. The normalized spacial score (nSPS) is 25.0. The minimum Gasteiger partial charge on any atom is -0.461 e. The molecule has 2 aromatic rings. The monoisotopic (exact) mass is 660 g/mol. The molecule has 11 nitrogen and oxygen atoms in total. The van der Waals surface area contributed by atoms with Crippen LogP contribution in [0.5, 0.6) is 0 Å². The number of Topliss-reactive ketones (excluding diaryl/α,β-unsaturated/α-hetero) is 1. The number of carbonyl (C=O) groups is 4. The molecule has 0 spiro atoms. The van der Waals surface area contributed by atoms with Gasteiger partial charge in [0.15, 0.2) is 5.78 Å². The van der Waals surface area contributed by atoms with Crippen molar-refractivity contribution in [1.82, 2.24) is 9.47 Å². The molecule has 1 aromatic heterocycles. The van der Waals surface area contributed by atoms with Gasteiger partial charge in [-0.05, 0) is 61.6 Å². The van der Waals surface area contributed by atoms with Crippen LogP contribution >= 0.6 is 0 Å². The molecule has 0 bridgehead atoms. The van der Waals surface area contributed by atoms with Crippen molar-refractivity contribution >= 4 is 29.4 Å². The Morgan fingerprint density at radius 2 is 1.83 bits per heavy atom. The number of nitrogens with two attached hydrogens (primary N) is 1. The van der Waals surface area contributed by atoms with Crippen LogP contribution in [0.3, 0.4) is 0 Å². The highest BCUT2D eigenvalue weighted by molar-refractivity contribution is 6.05. The summed E-state index contributed by atoms with van der Waals surface area (Å²) < 4.78 is 61.1. The molecular formula is C33H39F3N4O7. The van der Waals surface area contributed by atoms with E-state index < -0.39 is 46.1 Å². The summed E-state index contributed by atoms with van der Waals surface area (Å²) in [6, 6.07) is 4.21. The first kappa shape index (κ1) is 32.9. The third-order valence-corrected chi connectivity index (χ3v) is 9.64. The molecular weight excluding hydrogens is 621 g/mol. The molecule has 4 aliphatic rings. The van der Waals surface area contributed by atoms with Crippen molar-refractivity contribution in [3.63, 3.8) is 0 Å². The SMILES string of the molecule is CCOC(=O)c1c(C(F)(F)F)c2c(n1-c1ccc(C(N)=O)c(NC3C[C@@H]4CN(C(=O)O[C@H]5CCOC5)C[C@@H]4C3)c1)CC(C)(C)CC2=O. The second kappa shape index (κ2) is 12.2. The topological polar surface area (TPSA) is 142 Å². The van der Waals surface area contributed by atoms with E-state index in [1.54, 1.807) is 18.7 Å². The fourth-order valence-electron chi connectivity index (χ4n) is 7.70. The van der Waals surface area contributed by atoms with E-state index in [1.165, 1.54) is 25.1 Å². The van der Waals surface area contributed by atoms with Gasteiger partial charge < -0.3 is 34.7 Å². The zero-order chi connectivity index (χ0) is 33.8. The number of esters is 1. The van der Waals surface area contributed by atoms with Crippen molar-refractivity contribution in [2.75, 3.05) is 38.2 Å². The van der Waals surface area contributed by atoms with Crippen LogP contribution < -0.4 is 11.1 Å². The Hall–Kier alpha value is -4.07. The number of ether oxygens (including phenoxy) is 3. The molecule has 47 heavy (non-hydrogen) atoms. The second-order valence-electron chi connectivity index (χ2n) is 13.7. The molecule has 2 aliphatic carbocycles. The highest BCUT2D eigenvalue weighted by Gasteiger charge is 2.49. The van der Waals surface area contributed by atoms with Gasteiger partial charge in [0.05, 0.1) is 36.5 Å². The number of primary amides is 1. The van der Waals surface area contributed by atoms with Gasteiger partial charge in [-0.25, -0.2) is 9.59 Å². The molecule has 6 rings (SSSR count). The molecule has 2 saturated heterocycles. The molecule has 3 heterocycles. The lowest BCUT2D eigenvalue weighted by Crippen LogP contribution is -2.34. The minimum absolute atomic E-state index is 0.0611. The number of halogens is 3. The molecule has 1 aromatic carbocycles. The zero-order valence-electron chi connectivity index (χ0n) is 26.6. The van der Waals surface area contributed by atoms with Gasteiger partial charge in [-0.2, -0.15) is 13.2 Å². The van der Waals surface area contributed by atoms with E-state index in [-0.39, 0.29) is 66.5 Å². The first-order valence-electron chi connectivity index (χ1n) is 16.0. The second-order valence-corrected chi connectivity index (χ2v) is 13.7. The van der Waals surface area contributed by atoms with Crippen LogP contribution in [-0.2, 0) is 26.8 Å². The number of carbonyl (C=O) groups excluding carboxylic acids is 4. The van der Waals surface area contributed by atoms with Crippen molar-refractivity contribution in [3.05, 3.63) is 46.3 Å². The molecule has 3 fully saturated rings. The number of likely N-dealkylation sites (tertiary alicyclic amines) is 1. The maximum absolute atomic E-state index is 14.7. The van der Waals surface area contributed by atoms with E-state index >= 15 is 0 Å². The van der Waals surface area contributed by atoms with Crippen LogP contribution in [0.4, 0.5) is 23.7 Å². The van der Waals surface area contributed by atoms with Crippen molar-refractivity contribution < 1.29 is 46.6 Å². The number of hydrogen-bond acceptors (Lipinski definition) is 8. The Morgan fingerprint density at radius 1 is 1.13 bits per heavy atom. The highest BCUT2D eigenvalue weighted by Crippen LogP contribution is 2.46. The van der Waals surface area contributed by atoms with Crippen LogP contribution in [0.15, 0.2) is 18.2 Å². The van der Waals surface area contributed by atoms with Gasteiger partial charge in [0, 0.05) is 49.0 Å². The maximum Gasteiger partial charge on any atom is 0.419 e. The molecule has 4 atom stereocenters. The molecule has 14 heteroatoms. The summed E-state index contributed by atoms with van der Waals surface area (Å²) in [5, 5.41) is 3.38. The van der Waals surface area contributed by atoms with Gasteiger partial charge in [-0.3, -0.25) is 9.59 Å². The van der Waals surface area contributed by atoms with Crippen LogP contribution in [-0.4, -0.2) is 78.3 Å². The van der Waals surface area contributed by atoms with Gasteiger partial charge in [-0.15, -0.1) is 0 Å². The zero-order valence-corrected chi connectivity index (χ0v) is 26.6. The van der Waals surface area contributed by atoms with E-state index in [2.05, 4.69) is 5.32 Å². The number of nitrogens with zero attached hydrogens (tertiary/aromatic N) is 2. The Bertz CT molecular complexity index is 1600. The Morgan fingerprint density at radius 3 is 2.43 bits per heavy atom. The molecule has 1 saturated carbocycles. The van der Waals surface area contributed by atoms with Crippen molar-refractivity contribution in [2.24, 2.45) is 23.0 Å². The van der Waals surface area contributed by atoms with E-state index in [4.69, 9.17) is 19.9 Å². The van der Waals surface area contributed by atoms with Crippen molar-refractivity contribution in [2.45, 2.75) is 71.2 Å². The average molecular weight is 661 g/mol. The number of rotatable bonds is 7. The molecule has 1 unspecified atom stereocenters. The number of amides is 2. The maximum atomic E-state index is 14.7. The number of aromatic nitrogens is 1. The molecule has 2 amide bonds. The molecule has 3 N–H and O–H groups in total. The first-order chi connectivity index (χ1) is 22.2.